The van der Waals surface area contributed by atoms with Crippen molar-refractivity contribution in [1.82, 2.24) is 19.6 Å². The van der Waals surface area contributed by atoms with Crippen LogP contribution in [0.4, 0.5) is 0 Å². The molecule has 0 radical (unpaired) electrons. The van der Waals surface area contributed by atoms with Crippen molar-refractivity contribution in [3.05, 3.63) is 48.5 Å². The predicted molar refractivity (Wildman–Crippen MR) is 76.5 cm³/mol. The molecule has 3 rings (SSSR count). The first-order valence-electron chi connectivity index (χ1n) is 5.70. The Bertz CT molecular complexity index is 720. The largest absolute Gasteiger partial charge is 0.230 e. The highest BCUT2D eigenvalue weighted by Gasteiger charge is 2.08. The monoisotopic (exact) mass is 269 g/mol. The van der Waals surface area contributed by atoms with Gasteiger partial charge in [-0.15, -0.1) is 11.8 Å². The van der Waals surface area contributed by atoms with E-state index in [0.29, 0.717) is 5.65 Å². The van der Waals surface area contributed by atoms with Gasteiger partial charge in [-0.05, 0) is 11.8 Å². The summed E-state index contributed by atoms with van der Waals surface area (Å²) >= 11 is 1.55. The molecule has 6 heteroatoms. The molecule has 0 N–H and O–H groups in total. The van der Waals surface area contributed by atoms with E-state index in [9.17, 15) is 0 Å². The second-order valence-electron chi connectivity index (χ2n) is 3.80. The van der Waals surface area contributed by atoms with Crippen LogP contribution in [0, 0.1) is 0 Å². The molecule has 0 saturated heterocycles. The van der Waals surface area contributed by atoms with Gasteiger partial charge < -0.3 is 0 Å². The number of imidazole rings is 1. The second kappa shape index (κ2) is 5.19. The van der Waals surface area contributed by atoms with Gasteiger partial charge in [0.2, 0.25) is 0 Å². The van der Waals surface area contributed by atoms with Crippen LogP contribution in [0.3, 0.4) is 0 Å². The average Bonchev–Trinajstić information content (AvgIpc) is 2.89. The van der Waals surface area contributed by atoms with Crippen LogP contribution < -0.4 is 0 Å². The third-order valence-corrected chi connectivity index (χ3v) is 3.29. The summed E-state index contributed by atoms with van der Waals surface area (Å²) in [6.45, 7) is 0. The summed E-state index contributed by atoms with van der Waals surface area (Å²) in [4.78, 5) is 12.7. The van der Waals surface area contributed by atoms with Gasteiger partial charge in [0.15, 0.2) is 5.65 Å². The van der Waals surface area contributed by atoms with Gasteiger partial charge in [-0.2, -0.15) is 5.10 Å². The third kappa shape index (κ3) is 2.34. The number of hydrogen-bond donors (Lipinski definition) is 0. The molecule has 0 atom stereocenters. The fraction of sp³-hybridized carbons (Fsp3) is 0.0769. The molecule has 0 spiro atoms. The minimum Gasteiger partial charge on any atom is -0.230 e. The Morgan fingerprint density at radius 1 is 1.16 bits per heavy atom. The molecule has 5 nitrogen and oxygen atoms in total. The van der Waals surface area contributed by atoms with Crippen molar-refractivity contribution < 1.29 is 0 Å². The smallest absolute Gasteiger partial charge is 0.185 e. The summed E-state index contributed by atoms with van der Waals surface area (Å²) in [5.74, 6) is 0. The number of benzene rings is 1. The average molecular weight is 269 g/mol. The summed E-state index contributed by atoms with van der Waals surface area (Å²) in [6, 6.07) is 9.90. The maximum absolute atomic E-state index is 4.37. The Morgan fingerprint density at radius 2 is 2.00 bits per heavy atom. The molecule has 94 valence electrons. The van der Waals surface area contributed by atoms with Crippen molar-refractivity contribution >= 4 is 29.1 Å². The number of aromatic nitrogens is 4. The van der Waals surface area contributed by atoms with E-state index in [1.54, 1.807) is 29.0 Å². The molecule has 0 saturated carbocycles. The molecule has 0 amide bonds. The Hall–Kier alpha value is -2.21. The van der Waals surface area contributed by atoms with Gasteiger partial charge in [0, 0.05) is 0 Å². The molecule has 0 unspecified atom stereocenters. The SMILES string of the molecule is CSc1ncnc2c1ncn2N=Cc1ccccc1. The zero-order valence-corrected chi connectivity index (χ0v) is 11.1. The summed E-state index contributed by atoms with van der Waals surface area (Å²) in [6.07, 6.45) is 6.93. The van der Waals surface area contributed by atoms with Gasteiger partial charge in [0.1, 0.15) is 23.2 Å². The highest BCUT2D eigenvalue weighted by Crippen LogP contribution is 2.20. The lowest BCUT2D eigenvalue weighted by molar-refractivity contribution is 0.895. The molecular weight excluding hydrogens is 258 g/mol. The van der Waals surface area contributed by atoms with Gasteiger partial charge in [-0.1, -0.05) is 30.3 Å². The molecule has 2 aromatic heterocycles. The molecule has 0 aliphatic heterocycles. The molecule has 0 fully saturated rings. The van der Waals surface area contributed by atoms with E-state index in [2.05, 4.69) is 20.1 Å². The number of hydrogen-bond acceptors (Lipinski definition) is 5. The fourth-order valence-electron chi connectivity index (χ4n) is 1.70. The zero-order valence-electron chi connectivity index (χ0n) is 10.3. The lowest BCUT2D eigenvalue weighted by Gasteiger charge is -1.97. The van der Waals surface area contributed by atoms with E-state index in [1.165, 1.54) is 6.33 Å². The molecule has 0 aliphatic rings. The van der Waals surface area contributed by atoms with Crippen LogP contribution in [0.2, 0.25) is 0 Å². The van der Waals surface area contributed by atoms with Crippen LogP contribution in [-0.2, 0) is 0 Å². The lowest BCUT2D eigenvalue weighted by Crippen LogP contribution is -1.92. The van der Waals surface area contributed by atoms with E-state index in [1.807, 2.05) is 36.6 Å². The molecular formula is C13H11N5S. The van der Waals surface area contributed by atoms with E-state index < -0.39 is 0 Å². The van der Waals surface area contributed by atoms with Crippen molar-refractivity contribution in [1.29, 1.82) is 0 Å². The molecule has 3 aromatic rings. The maximum Gasteiger partial charge on any atom is 0.185 e. The summed E-state index contributed by atoms with van der Waals surface area (Å²) < 4.78 is 1.66. The van der Waals surface area contributed by atoms with Crippen LogP contribution in [0.5, 0.6) is 0 Å². The first-order chi connectivity index (χ1) is 9.38. The highest BCUT2D eigenvalue weighted by molar-refractivity contribution is 7.98. The van der Waals surface area contributed by atoms with Gasteiger partial charge >= 0.3 is 0 Å². The summed E-state index contributed by atoms with van der Waals surface area (Å²) in [5, 5.41) is 5.23. The highest BCUT2D eigenvalue weighted by atomic mass is 32.2. The minimum atomic E-state index is 0.714. The number of thioether (sulfide) groups is 1. The molecule has 0 aliphatic carbocycles. The Labute approximate surface area is 114 Å². The van der Waals surface area contributed by atoms with Crippen molar-refractivity contribution in [3.8, 4) is 0 Å². The zero-order chi connectivity index (χ0) is 13.1. The van der Waals surface area contributed by atoms with Crippen LogP contribution in [0.15, 0.2) is 53.1 Å². The van der Waals surface area contributed by atoms with Gasteiger partial charge in [-0.25, -0.2) is 19.6 Å². The number of nitrogens with zero attached hydrogens (tertiary/aromatic N) is 5. The fourth-order valence-corrected chi connectivity index (χ4v) is 2.19. The molecule has 0 bridgehead atoms. The molecule has 1 aromatic carbocycles. The Morgan fingerprint density at radius 3 is 2.79 bits per heavy atom. The van der Waals surface area contributed by atoms with E-state index >= 15 is 0 Å². The normalized spacial score (nSPS) is 11.4. The van der Waals surface area contributed by atoms with Crippen molar-refractivity contribution in [3.63, 3.8) is 0 Å². The minimum absolute atomic E-state index is 0.714. The molecule has 19 heavy (non-hydrogen) atoms. The van der Waals surface area contributed by atoms with Crippen molar-refractivity contribution in [2.45, 2.75) is 5.03 Å². The van der Waals surface area contributed by atoms with E-state index in [0.717, 1.165) is 16.1 Å². The summed E-state index contributed by atoms with van der Waals surface area (Å²) in [5.41, 5.74) is 2.52. The quantitative estimate of drug-likeness (QED) is 0.416. The molecule has 2 heterocycles. The van der Waals surface area contributed by atoms with Gasteiger partial charge in [-0.3, -0.25) is 0 Å². The number of fused-ring (bicyclic) bond motifs is 1. The Kier molecular flexibility index (Phi) is 3.24. The maximum atomic E-state index is 4.37. The lowest BCUT2D eigenvalue weighted by atomic mass is 10.2. The topological polar surface area (TPSA) is 56.0 Å². The second-order valence-corrected chi connectivity index (χ2v) is 4.59. The number of rotatable bonds is 3. The van der Waals surface area contributed by atoms with E-state index in [-0.39, 0.29) is 0 Å². The van der Waals surface area contributed by atoms with Crippen molar-refractivity contribution in [2.75, 3.05) is 6.26 Å². The van der Waals surface area contributed by atoms with Crippen LogP contribution >= 0.6 is 11.8 Å². The van der Waals surface area contributed by atoms with Crippen LogP contribution in [-0.4, -0.2) is 32.1 Å². The first kappa shape index (κ1) is 11.9. The first-order valence-corrected chi connectivity index (χ1v) is 6.92. The third-order valence-electron chi connectivity index (χ3n) is 2.61. The predicted octanol–water partition coefficient (Wildman–Crippen LogP) is 2.43. The van der Waals surface area contributed by atoms with Gasteiger partial charge in [0.05, 0.1) is 6.21 Å². The van der Waals surface area contributed by atoms with Crippen molar-refractivity contribution in [2.24, 2.45) is 5.10 Å². The van der Waals surface area contributed by atoms with Gasteiger partial charge in [0.25, 0.3) is 0 Å². The van der Waals surface area contributed by atoms with Crippen LogP contribution in [0.1, 0.15) is 5.56 Å². The van der Waals surface area contributed by atoms with Crippen LogP contribution in [0.25, 0.3) is 11.2 Å². The summed E-state index contributed by atoms with van der Waals surface area (Å²) in [7, 11) is 0. The Balaban J connectivity index is 2.00. The standard InChI is InChI=1S/C13H11N5S/c1-19-13-11-12(14-8-15-13)18(9-16-11)17-7-10-5-3-2-4-6-10/h2-9H,1H3. The van der Waals surface area contributed by atoms with E-state index in [4.69, 9.17) is 0 Å².